The van der Waals surface area contributed by atoms with Crippen molar-refractivity contribution in [2.45, 2.75) is 6.54 Å². The molecule has 0 aliphatic rings. The van der Waals surface area contributed by atoms with E-state index in [0.29, 0.717) is 13.2 Å². The second-order valence-electron chi connectivity index (χ2n) is 3.86. The van der Waals surface area contributed by atoms with Crippen LogP contribution in [0.15, 0.2) is 39.3 Å². The van der Waals surface area contributed by atoms with Crippen LogP contribution in [0.25, 0.3) is 11.3 Å². The topological polar surface area (TPSA) is 47.3 Å². The Kier molecular flexibility index (Phi) is 4.92. The molecule has 2 rings (SSSR count). The highest BCUT2D eigenvalue weighted by Gasteiger charge is 2.06. The van der Waals surface area contributed by atoms with Crippen molar-refractivity contribution in [3.63, 3.8) is 0 Å². The zero-order chi connectivity index (χ0) is 12.8. The summed E-state index contributed by atoms with van der Waals surface area (Å²) in [4.78, 5) is 0. The second-order valence-corrected chi connectivity index (χ2v) is 4.78. The fraction of sp³-hybridized carbons (Fsp3) is 0.308. The van der Waals surface area contributed by atoms with Crippen molar-refractivity contribution in [3.05, 3.63) is 40.5 Å². The molecule has 0 saturated heterocycles. The molecule has 0 saturated carbocycles. The van der Waals surface area contributed by atoms with Gasteiger partial charge in [0.1, 0.15) is 0 Å². The normalized spacial score (nSPS) is 10.8. The maximum Gasteiger partial charge on any atom is 0.167 e. The molecule has 2 aromatic rings. The minimum atomic E-state index is 0.681. The van der Waals surface area contributed by atoms with E-state index in [4.69, 9.17) is 9.26 Å². The third-order valence-corrected chi connectivity index (χ3v) is 2.95. The molecule has 0 unspecified atom stereocenters. The summed E-state index contributed by atoms with van der Waals surface area (Å²) in [6, 6.07) is 9.89. The lowest BCUT2D eigenvalue weighted by Gasteiger charge is -1.99. The monoisotopic (exact) mass is 310 g/mol. The van der Waals surface area contributed by atoms with Crippen molar-refractivity contribution in [2.24, 2.45) is 0 Å². The van der Waals surface area contributed by atoms with Crippen molar-refractivity contribution in [1.82, 2.24) is 10.5 Å². The van der Waals surface area contributed by atoms with Crippen LogP contribution < -0.4 is 5.32 Å². The first kappa shape index (κ1) is 13.3. The van der Waals surface area contributed by atoms with Crippen LogP contribution in [0.4, 0.5) is 0 Å². The number of ether oxygens (including phenoxy) is 1. The summed E-state index contributed by atoms with van der Waals surface area (Å²) in [5.41, 5.74) is 1.90. The van der Waals surface area contributed by atoms with E-state index >= 15 is 0 Å². The van der Waals surface area contributed by atoms with E-state index in [1.165, 1.54) is 0 Å². The number of hydrogen-bond donors (Lipinski definition) is 1. The molecule has 96 valence electrons. The molecule has 0 bridgehead atoms. The number of benzene rings is 1. The maximum atomic E-state index is 5.32. The molecule has 4 nitrogen and oxygen atoms in total. The largest absolute Gasteiger partial charge is 0.383 e. The van der Waals surface area contributed by atoms with Gasteiger partial charge in [-0.2, -0.15) is 0 Å². The Morgan fingerprint density at radius 2 is 2.28 bits per heavy atom. The molecule has 1 aromatic carbocycles. The first-order valence-corrected chi connectivity index (χ1v) is 6.50. The summed E-state index contributed by atoms with van der Waals surface area (Å²) in [5.74, 6) is 0.778. The van der Waals surface area contributed by atoms with Gasteiger partial charge in [-0.15, -0.1) is 0 Å². The van der Waals surface area contributed by atoms with Gasteiger partial charge in [-0.05, 0) is 12.1 Å². The molecule has 0 aliphatic heterocycles. The Bertz CT molecular complexity index is 499. The Hall–Kier alpha value is -1.17. The van der Waals surface area contributed by atoms with Gasteiger partial charge in [-0.25, -0.2) is 0 Å². The van der Waals surface area contributed by atoms with E-state index in [2.05, 4.69) is 26.4 Å². The minimum absolute atomic E-state index is 0.681. The van der Waals surface area contributed by atoms with Gasteiger partial charge < -0.3 is 14.6 Å². The van der Waals surface area contributed by atoms with Crippen LogP contribution in [0, 0.1) is 0 Å². The van der Waals surface area contributed by atoms with E-state index in [9.17, 15) is 0 Å². The molecule has 0 fully saturated rings. The molecule has 1 heterocycles. The van der Waals surface area contributed by atoms with Gasteiger partial charge in [-0.3, -0.25) is 0 Å². The molecular weight excluding hydrogens is 296 g/mol. The van der Waals surface area contributed by atoms with E-state index < -0.39 is 0 Å². The third-order valence-electron chi connectivity index (χ3n) is 2.46. The standard InChI is InChI=1S/C13H15BrN2O2/c1-17-6-5-15-9-12-8-13(18-16-12)10-3-2-4-11(14)7-10/h2-4,7-8,15H,5-6,9H2,1H3. The molecule has 18 heavy (non-hydrogen) atoms. The Morgan fingerprint density at radius 3 is 3.06 bits per heavy atom. The fourth-order valence-corrected chi connectivity index (χ4v) is 1.96. The van der Waals surface area contributed by atoms with Crippen LogP contribution >= 0.6 is 15.9 Å². The van der Waals surface area contributed by atoms with Crippen LogP contribution in [-0.4, -0.2) is 25.4 Å². The van der Waals surface area contributed by atoms with E-state index in [1.807, 2.05) is 30.3 Å². The van der Waals surface area contributed by atoms with Gasteiger partial charge in [0.05, 0.1) is 12.3 Å². The molecule has 0 atom stereocenters. The van der Waals surface area contributed by atoms with E-state index in [-0.39, 0.29) is 0 Å². The lowest BCUT2D eigenvalue weighted by atomic mass is 10.1. The maximum absolute atomic E-state index is 5.32. The van der Waals surface area contributed by atoms with Gasteiger partial charge >= 0.3 is 0 Å². The average Bonchev–Trinajstić information content (AvgIpc) is 2.83. The lowest BCUT2D eigenvalue weighted by Crippen LogP contribution is -2.18. The van der Waals surface area contributed by atoms with Gasteiger partial charge in [0.15, 0.2) is 5.76 Å². The predicted molar refractivity (Wildman–Crippen MR) is 73.2 cm³/mol. The highest BCUT2D eigenvalue weighted by atomic mass is 79.9. The summed E-state index contributed by atoms with van der Waals surface area (Å²) in [7, 11) is 1.68. The first-order valence-electron chi connectivity index (χ1n) is 5.71. The Labute approximate surface area is 114 Å². The summed E-state index contributed by atoms with van der Waals surface area (Å²) < 4.78 is 11.3. The molecule has 0 amide bonds. The summed E-state index contributed by atoms with van der Waals surface area (Å²) in [6.07, 6.45) is 0. The number of aromatic nitrogens is 1. The number of nitrogens with one attached hydrogen (secondary N) is 1. The van der Waals surface area contributed by atoms with E-state index in [0.717, 1.165) is 28.0 Å². The van der Waals surface area contributed by atoms with Crippen LogP contribution in [-0.2, 0) is 11.3 Å². The zero-order valence-electron chi connectivity index (χ0n) is 10.1. The molecule has 1 N–H and O–H groups in total. The Morgan fingerprint density at radius 1 is 1.39 bits per heavy atom. The van der Waals surface area contributed by atoms with Crippen molar-refractivity contribution < 1.29 is 9.26 Å². The third kappa shape index (κ3) is 3.66. The smallest absolute Gasteiger partial charge is 0.167 e. The van der Waals surface area contributed by atoms with Gasteiger partial charge in [0.25, 0.3) is 0 Å². The van der Waals surface area contributed by atoms with Crippen molar-refractivity contribution in [2.75, 3.05) is 20.3 Å². The molecule has 5 heteroatoms. The number of halogens is 1. The van der Waals surface area contributed by atoms with Crippen molar-refractivity contribution in [3.8, 4) is 11.3 Å². The number of rotatable bonds is 6. The highest BCUT2D eigenvalue weighted by Crippen LogP contribution is 2.23. The van der Waals surface area contributed by atoms with Crippen LogP contribution in [0.2, 0.25) is 0 Å². The SMILES string of the molecule is COCCNCc1cc(-c2cccc(Br)c2)on1. The molecule has 0 radical (unpaired) electrons. The van der Waals surface area contributed by atoms with E-state index in [1.54, 1.807) is 7.11 Å². The number of methoxy groups -OCH3 is 1. The van der Waals surface area contributed by atoms with Crippen LogP contribution in [0.3, 0.4) is 0 Å². The fourth-order valence-electron chi connectivity index (χ4n) is 1.56. The van der Waals surface area contributed by atoms with Crippen molar-refractivity contribution in [1.29, 1.82) is 0 Å². The van der Waals surface area contributed by atoms with Gasteiger partial charge in [0.2, 0.25) is 0 Å². The first-order chi connectivity index (χ1) is 8.79. The van der Waals surface area contributed by atoms with Crippen LogP contribution in [0.5, 0.6) is 0 Å². The predicted octanol–water partition coefficient (Wildman–Crippen LogP) is 2.84. The summed E-state index contributed by atoms with van der Waals surface area (Å²) >= 11 is 3.44. The molecular formula is C13H15BrN2O2. The highest BCUT2D eigenvalue weighted by molar-refractivity contribution is 9.10. The number of nitrogens with zero attached hydrogens (tertiary/aromatic N) is 1. The second kappa shape index (κ2) is 6.68. The molecule has 1 aromatic heterocycles. The molecule has 0 aliphatic carbocycles. The Balaban J connectivity index is 1.97. The molecule has 0 spiro atoms. The average molecular weight is 311 g/mol. The van der Waals surface area contributed by atoms with Crippen molar-refractivity contribution >= 4 is 15.9 Å². The lowest BCUT2D eigenvalue weighted by molar-refractivity contribution is 0.199. The van der Waals surface area contributed by atoms with Gasteiger partial charge in [0, 0.05) is 36.3 Å². The van der Waals surface area contributed by atoms with Crippen LogP contribution in [0.1, 0.15) is 5.69 Å². The number of hydrogen-bond acceptors (Lipinski definition) is 4. The summed E-state index contributed by atoms with van der Waals surface area (Å²) in [5, 5.41) is 7.25. The summed E-state index contributed by atoms with van der Waals surface area (Å²) in [6.45, 7) is 2.17. The zero-order valence-corrected chi connectivity index (χ0v) is 11.7. The van der Waals surface area contributed by atoms with Gasteiger partial charge in [-0.1, -0.05) is 33.2 Å². The quantitative estimate of drug-likeness (QED) is 0.833. The minimum Gasteiger partial charge on any atom is -0.383 e.